The van der Waals surface area contributed by atoms with Gasteiger partial charge in [0, 0.05) is 4.47 Å². The lowest BCUT2D eigenvalue weighted by Crippen LogP contribution is -2.07. The van der Waals surface area contributed by atoms with Crippen molar-refractivity contribution in [3.05, 3.63) is 58.1 Å². The van der Waals surface area contributed by atoms with Crippen molar-refractivity contribution in [2.75, 3.05) is 7.11 Å². The van der Waals surface area contributed by atoms with Gasteiger partial charge < -0.3 is 9.84 Å². The van der Waals surface area contributed by atoms with E-state index in [4.69, 9.17) is 0 Å². The molecule has 0 atom stereocenters. The van der Waals surface area contributed by atoms with Crippen LogP contribution < -0.4 is 0 Å². The maximum Gasteiger partial charge on any atom is 0.339 e. The van der Waals surface area contributed by atoms with E-state index in [0.29, 0.717) is 5.56 Å². The number of carboxylic acid groups (broad SMARTS) is 1. The van der Waals surface area contributed by atoms with E-state index in [9.17, 15) is 14.7 Å². The second kappa shape index (κ2) is 5.88. The highest BCUT2D eigenvalue weighted by molar-refractivity contribution is 9.10. The number of methoxy groups -OCH3 is 1. The van der Waals surface area contributed by atoms with Gasteiger partial charge in [-0.05, 0) is 39.2 Å². The SMILES string of the molecule is COC(=O)c1cc(-c2ccccc2)cc(C(=O)O)c1Br. The number of halogens is 1. The van der Waals surface area contributed by atoms with Crippen LogP contribution in [0.5, 0.6) is 0 Å². The van der Waals surface area contributed by atoms with Crippen LogP contribution in [0.25, 0.3) is 11.1 Å². The highest BCUT2D eigenvalue weighted by Crippen LogP contribution is 2.30. The van der Waals surface area contributed by atoms with Gasteiger partial charge in [0.25, 0.3) is 0 Å². The third kappa shape index (κ3) is 2.72. The molecule has 20 heavy (non-hydrogen) atoms. The molecule has 5 heteroatoms. The molecular weight excluding hydrogens is 324 g/mol. The molecule has 2 aromatic carbocycles. The number of benzene rings is 2. The number of ether oxygens (including phenoxy) is 1. The summed E-state index contributed by atoms with van der Waals surface area (Å²) in [5.41, 5.74) is 1.68. The van der Waals surface area contributed by atoms with Gasteiger partial charge in [0.05, 0.1) is 18.2 Å². The first kappa shape index (κ1) is 14.3. The molecule has 0 amide bonds. The molecule has 0 saturated heterocycles. The van der Waals surface area contributed by atoms with Crippen LogP contribution in [0.2, 0.25) is 0 Å². The lowest BCUT2D eigenvalue weighted by Gasteiger charge is -2.10. The fourth-order valence-corrected chi connectivity index (χ4v) is 2.40. The van der Waals surface area contributed by atoms with Crippen LogP contribution in [0.15, 0.2) is 46.9 Å². The molecule has 0 saturated carbocycles. The zero-order chi connectivity index (χ0) is 14.7. The van der Waals surface area contributed by atoms with Crippen LogP contribution in [-0.4, -0.2) is 24.2 Å². The van der Waals surface area contributed by atoms with Gasteiger partial charge in [0.2, 0.25) is 0 Å². The van der Waals surface area contributed by atoms with Crippen LogP contribution in [0.1, 0.15) is 20.7 Å². The summed E-state index contributed by atoms with van der Waals surface area (Å²) in [6, 6.07) is 12.4. The molecular formula is C15H11BrO4. The van der Waals surface area contributed by atoms with E-state index in [2.05, 4.69) is 20.7 Å². The van der Waals surface area contributed by atoms with Crippen molar-refractivity contribution in [3.8, 4) is 11.1 Å². The summed E-state index contributed by atoms with van der Waals surface area (Å²) in [7, 11) is 1.25. The fraction of sp³-hybridized carbons (Fsp3) is 0.0667. The largest absolute Gasteiger partial charge is 0.478 e. The Morgan fingerprint density at radius 3 is 2.20 bits per heavy atom. The molecule has 0 aliphatic rings. The minimum atomic E-state index is -1.11. The minimum absolute atomic E-state index is 0.0201. The quantitative estimate of drug-likeness (QED) is 0.871. The molecule has 0 bridgehead atoms. The number of esters is 1. The van der Waals surface area contributed by atoms with Crippen LogP contribution in [0.4, 0.5) is 0 Å². The van der Waals surface area contributed by atoms with Gasteiger partial charge in [0.15, 0.2) is 0 Å². The molecule has 0 heterocycles. The Morgan fingerprint density at radius 1 is 1.05 bits per heavy atom. The Labute approximate surface area is 124 Å². The molecule has 0 unspecified atom stereocenters. The predicted octanol–water partition coefficient (Wildman–Crippen LogP) is 3.60. The van der Waals surface area contributed by atoms with Gasteiger partial charge >= 0.3 is 11.9 Å². The van der Waals surface area contributed by atoms with E-state index in [1.54, 1.807) is 6.07 Å². The Balaban J connectivity index is 2.68. The van der Waals surface area contributed by atoms with Crippen LogP contribution in [0, 0.1) is 0 Å². The number of carbonyl (C=O) groups is 2. The first-order valence-electron chi connectivity index (χ1n) is 5.75. The summed E-state index contributed by atoms with van der Waals surface area (Å²) in [6.45, 7) is 0. The summed E-state index contributed by atoms with van der Waals surface area (Å²) < 4.78 is 4.90. The molecule has 4 nitrogen and oxygen atoms in total. The second-order valence-electron chi connectivity index (χ2n) is 4.05. The van der Waals surface area contributed by atoms with E-state index in [1.807, 2.05) is 30.3 Å². The van der Waals surface area contributed by atoms with Gasteiger partial charge in [-0.3, -0.25) is 0 Å². The fourth-order valence-electron chi connectivity index (χ4n) is 1.84. The lowest BCUT2D eigenvalue weighted by molar-refractivity contribution is 0.0599. The topological polar surface area (TPSA) is 63.6 Å². The zero-order valence-electron chi connectivity index (χ0n) is 10.6. The molecule has 2 rings (SSSR count). The number of hydrogen-bond donors (Lipinski definition) is 1. The molecule has 0 fully saturated rings. The Morgan fingerprint density at radius 2 is 1.65 bits per heavy atom. The number of carboxylic acids is 1. The van der Waals surface area contributed by atoms with Gasteiger partial charge in [-0.25, -0.2) is 9.59 Å². The van der Waals surface area contributed by atoms with Gasteiger partial charge in [-0.15, -0.1) is 0 Å². The van der Waals surface area contributed by atoms with Crippen LogP contribution >= 0.6 is 15.9 Å². The molecule has 0 aliphatic carbocycles. The van der Waals surface area contributed by atoms with E-state index < -0.39 is 11.9 Å². The average Bonchev–Trinajstić information content (AvgIpc) is 2.47. The van der Waals surface area contributed by atoms with Crippen molar-refractivity contribution >= 4 is 27.9 Å². The molecule has 0 aromatic heterocycles. The van der Waals surface area contributed by atoms with E-state index >= 15 is 0 Å². The zero-order valence-corrected chi connectivity index (χ0v) is 12.2. The highest BCUT2D eigenvalue weighted by atomic mass is 79.9. The normalized spacial score (nSPS) is 10.1. The maximum absolute atomic E-state index is 11.7. The summed E-state index contributed by atoms with van der Waals surface area (Å²) in [5.74, 6) is -1.70. The standard InChI is InChI=1S/C15H11BrO4/c1-20-15(19)12-8-10(9-5-3-2-4-6-9)7-11(13(12)16)14(17)18/h2-8H,1H3,(H,17,18). The van der Waals surface area contributed by atoms with E-state index in [-0.39, 0.29) is 15.6 Å². The summed E-state index contributed by atoms with van der Waals surface area (Å²) in [5, 5.41) is 9.23. The van der Waals surface area contributed by atoms with Crippen LogP contribution in [-0.2, 0) is 4.74 Å². The Bertz CT molecular complexity index is 665. The molecule has 0 spiro atoms. The molecule has 1 N–H and O–H groups in total. The van der Waals surface area contributed by atoms with Gasteiger partial charge in [-0.2, -0.15) is 0 Å². The summed E-state index contributed by atoms with van der Waals surface area (Å²) >= 11 is 3.15. The third-order valence-corrected chi connectivity index (χ3v) is 3.67. The third-order valence-electron chi connectivity index (χ3n) is 2.82. The molecule has 2 aromatic rings. The van der Waals surface area contributed by atoms with Gasteiger partial charge in [-0.1, -0.05) is 30.3 Å². The highest BCUT2D eigenvalue weighted by Gasteiger charge is 2.19. The predicted molar refractivity (Wildman–Crippen MR) is 77.9 cm³/mol. The maximum atomic E-state index is 11.7. The van der Waals surface area contributed by atoms with Crippen molar-refractivity contribution in [2.24, 2.45) is 0 Å². The first-order chi connectivity index (χ1) is 9.54. The summed E-state index contributed by atoms with van der Waals surface area (Å²) in [4.78, 5) is 23.0. The number of hydrogen-bond acceptors (Lipinski definition) is 3. The van der Waals surface area contributed by atoms with Crippen LogP contribution in [0.3, 0.4) is 0 Å². The molecule has 0 radical (unpaired) electrons. The van der Waals surface area contributed by atoms with E-state index in [1.165, 1.54) is 13.2 Å². The first-order valence-corrected chi connectivity index (χ1v) is 6.54. The van der Waals surface area contributed by atoms with E-state index in [0.717, 1.165) is 5.56 Å². The van der Waals surface area contributed by atoms with Crippen molar-refractivity contribution in [1.29, 1.82) is 0 Å². The summed E-state index contributed by atoms with van der Waals surface area (Å²) in [6.07, 6.45) is 0. The lowest BCUT2D eigenvalue weighted by atomic mass is 10.00. The number of carbonyl (C=O) groups excluding carboxylic acids is 1. The molecule has 102 valence electrons. The average molecular weight is 335 g/mol. The van der Waals surface area contributed by atoms with Crippen molar-refractivity contribution in [3.63, 3.8) is 0 Å². The monoisotopic (exact) mass is 334 g/mol. The Kier molecular flexibility index (Phi) is 4.20. The smallest absolute Gasteiger partial charge is 0.339 e. The van der Waals surface area contributed by atoms with Crippen molar-refractivity contribution in [2.45, 2.75) is 0 Å². The number of rotatable bonds is 3. The van der Waals surface area contributed by atoms with Crippen molar-refractivity contribution in [1.82, 2.24) is 0 Å². The Hall–Kier alpha value is -2.14. The minimum Gasteiger partial charge on any atom is -0.478 e. The second-order valence-corrected chi connectivity index (χ2v) is 4.84. The number of aromatic carboxylic acids is 1. The van der Waals surface area contributed by atoms with Gasteiger partial charge in [0.1, 0.15) is 0 Å². The van der Waals surface area contributed by atoms with Crippen molar-refractivity contribution < 1.29 is 19.4 Å². The molecule has 0 aliphatic heterocycles.